The van der Waals surface area contributed by atoms with Crippen molar-refractivity contribution in [2.75, 3.05) is 0 Å². The third-order valence-electron chi connectivity index (χ3n) is 10.3. The van der Waals surface area contributed by atoms with Crippen LogP contribution in [0.4, 0.5) is 0 Å². The van der Waals surface area contributed by atoms with E-state index in [2.05, 4.69) is 174 Å². The lowest BCUT2D eigenvalue weighted by Gasteiger charge is -2.24. The van der Waals surface area contributed by atoms with E-state index in [1.54, 1.807) is 0 Å². The van der Waals surface area contributed by atoms with Crippen molar-refractivity contribution in [1.29, 1.82) is 0 Å². The first-order valence-corrected chi connectivity index (χ1v) is 18.4. The molecule has 0 N–H and O–H groups in total. The zero-order chi connectivity index (χ0) is 35.4. The second-order valence-corrected chi connectivity index (χ2v) is 15.4. The maximum Gasteiger partial charge on any atom is 0.239 e. The van der Waals surface area contributed by atoms with Crippen LogP contribution < -0.4 is 5.62 Å². The minimum absolute atomic E-state index is 0.291. The topological polar surface area (TPSA) is 40.0 Å². The second kappa shape index (κ2) is 13.1. The zero-order valence-electron chi connectivity index (χ0n) is 31.4. The SMILES string of the molecule is CC(C)c1cc(C(C)C)c(-n2/c(=N\n3c4ccccc4c4ccccc43)n(-c3c(C(C)C)cccc3C(C)C)c3ncccc32)c(C(C)C)c1. The first-order valence-electron chi connectivity index (χ1n) is 18.4. The summed E-state index contributed by atoms with van der Waals surface area (Å²) >= 11 is 0. The van der Waals surface area contributed by atoms with Crippen molar-refractivity contribution in [2.24, 2.45) is 5.10 Å². The van der Waals surface area contributed by atoms with Gasteiger partial charge in [0.05, 0.1) is 27.9 Å². The molecule has 0 saturated heterocycles. The molecular formula is C45H51N5. The molecule has 50 heavy (non-hydrogen) atoms. The van der Waals surface area contributed by atoms with E-state index in [0.29, 0.717) is 29.6 Å². The summed E-state index contributed by atoms with van der Waals surface area (Å²) in [5, 5.41) is 8.19. The van der Waals surface area contributed by atoms with E-state index >= 15 is 0 Å². The maximum atomic E-state index is 5.81. The van der Waals surface area contributed by atoms with Crippen LogP contribution in [0.5, 0.6) is 0 Å². The molecule has 3 heterocycles. The summed E-state index contributed by atoms with van der Waals surface area (Å²) in [6.07, 6.45) is 1.93. The molecule has 7 aromatic rings. The van der Waals surface area contributed by atoms with Crippen LogP contribution in [0, 0.1) is 0 Å². The number of pyridine rings is 1. The average Bonchev–Trinajstić information content (AvgIpc) is 3.59. The maximum absolute atomic E-state index is 5.81. The van der Waals surface area contributed by atoms with Crippen molar-refractivity contribution in [3.05, 3.63) is 131 Å². The van der Waals surface area contributed by atoms with Gasteiger partial charge >= 0.3 is 0 Å². The number of rotatable bonds is 8. The molecule has 256 valence electrons. The molecule has 3 aromatic heterocycles. The molecule has 0 atom stereocenters. The van der Waals surface area contributed by atoms with Crippen LogP contribution in [0.1, 0.15) is 127 Å². The van der Waals surface area contributed by atoms with E-state index in [0.717, 1.165) is 27.8 Å². The summed E-state index contributed by atoms with van der Waals surface area (Å²) in [6, 6.07) is 33.2. The predicted molar refractivity (Wildman–Crippen MR) is 211 cm³/mol. The quantitative estimate of drug-likeness (QED) is 0.160. The molecule has 0 unspecified atom stereocenters. The minimum Gasteiger partial charge on any atom is -0.275 e. The van der Waals surface area contributed by atoms with Crippen molar-refractivity contribution >= 4 is 33.0 Å². The monoisotopic (exact) mass is 661 g/mol. The lowest BCUT2D eigenvalue weighted by molar-refractivity contribution is 0.733. The largest absolute Gasteiger partial charge is 0.275 e. The van der Waals surface area contributed by atoms with Crippen LogP contribution in [0.2, 0.25) is 0 Å². The molecule has 0 amide bonds. The summed E-state index contributed by atoms with van der Waals surface area (Å²) in [5.41, 5.74) is 13.9. The van der Waals surface area contributed by atoms with Crippen molar-refractivity contribution < 1.29 is 0 Å². The van der Waals surface area contributed by atoms with Crippen LogP contribution in [-0.2, 0) is 0 Å². The Morgan fingerprint density at radius 1 is 0.480 bits per heavy atom. The number of hydrogen-bond acceptors (Lipinski definition) is 2. The second-order valence-electron chi connectivity index (χ2n) is 15.4. The Morgan fingerprint density at radius 3 is 1.46 bits per heavy atom. The van der Waals surface area contributed by atoms with E-state index < -0.39 is 0 Å². The van der Waals surface area contributed by atoms with Gasteiger partial charge in [0, 0.05) is 17.0 Å². The predicted octanol–water partition coefficient (Wildman–Crippen LogP) is 11.9. The van der Waals surface area contributed by atoms with Gasteiger partial charge in [0.25, 0.3) is 0 Å². The fraction of sp³-hybridized carbons (Fsp3) is 0.333. The van der Waals surface area contributed by atoms with Gasteiger partial charge < -0.3 is 0 Å². The van der Waals surface area contributed by atoms with Crippen molar-refractivity contribution in [3.8, 4) is 11.4 Å². The highest BCUT2D eigenvalue weighted by Gasteiger charge is 2.27. The third kappa shape index (κ3) is 5.48. The Labute approximate surface area is 296 Å². The Bertz CT molecular complexity index is 2320. The van der Waals surface area contributed by atoms with Crippen LogP contribution >= 0.6 is 0 Å². The van der Waals surface area contributed by atoms with Gasteiger partial charge in [-0.25, -0.2) is 9.66 Å². The summed E-state index contributed by atoms with van der Waals surface area (Å²) in [5.74, 6) is 1.59. The van der Waals surface area contributed by atoms with E-state index in [-0.39, 0.29) is 0 Å². The molecule has 0 bridgehead atoms. The average molecular weight is 662 g/mol. The van der Waals surface area contributed by atoms with E-state index in [4.69, 9.17) is 10.1 Å². The van der Waals surface area contributed by atoms with Gasteiger partial charge in [-0.1, -0.05) is 136 Å². The number of para-hydroxylation sites is 3. The Kier molecular flexibility index (Phi) is 8.80. The molecule has 7 rings (SSSR count). The highest BCUT2D eigenvalue weighted by atomic mass is 15.4. The van der Waals surface area contributed by atoms with Crippen LogP contribution in [0.25, 0.3) is 44.3 Å². The van der Waals surface area contributed by atoms with Crippen molar-refractivity contribution in [2.45, 2.75) is 98.8 Å². The normalized spacial score (nSPS) is 12.8. The molecule has 0 radical (unpaired) electrons. The number of nitrogens with zero attached hydrogens (tertiary/aromatic N) is 5. The van der Waals surface area contributed by atoms with Crippen LogP contribution in [-0.4, -0.2) is 18.8 Å². The number of hydrogen-bond donors (Lipinski definition) is 0. The zero-order valence-corrected chi connectivity index (χ0v) is 31.4. The molecule has 5 nitrogen and oxygen atoms in total. The third-order valence-corrected chi connectivity index (χ3v) is 10.3. The van der Waals surface area contributed by atoms with Gasteiger partial charge in [-0.05, 0) is 81.7 Å². The molecule has 5 heteroatoms. The first kappa shape index (κ1) is 33.6. The lowest BCUT2D eigenvalue weighted by atomic mass is 9.87. The highest BCUT2D eigenvalue weighted by Crippen LogP contribution is 2.38. The number of aromatic nitrogens is 4. The van der Waals surface area contributed by atoms with Gasteiger partial charge in [0.1, 0.15) is 0 Å². The summed E-state index contributed by atoms with van der Waals surface area (Å²) in [7, 11) is 0. The van der Waals surface area contributed by atoms with Gasteiger partial charge in [0.15, 0.2) is 5.65 Å². The van der Waals surface area contributed by atoms with Crippen LogP contribution in [0.15, 0.2) is 102 Å². The van der Waals surface area contributed by atoms with E-state index in [9.17, 15) is 0 Å². The molecule has 0 fully saturated rings. The van der Waals surface area contributed by atoms with E-state index in [1.165, 1.54) is 50.0 Å². The molecule has 0 aliphatic heterocycles. The molecule has 0 aliphatic carbocycles. The summed E-state index contributed by atoms with van der Waals surface area (Å²) in [6.45, 7) is 23.0. The van der Waals surface area contributed by atoms with Gasteiger partial charge in [-0.2, -0.15) is 0 Å². The Hall–Kier alpha value is -4.90. The minimum atomic E-state index is 0.291. The highest BCUT2D eigenvalue weighted by molar-refractivity contribution is 6.07. The van der Waals surface area contributed by atoms with Crippen LogP contribution in [0.3, 0.4) is 0 Å². The number of fused-ring (bicyclic) bond motifs is 4. The summed E-state index contributed by atoms with van der Waals surface area (Å²) in [4.78, 5) is 5.19. The number of benzene rings is 4. The van der Waals surface area contributed by atoms with Gasteiger partial charge in [0.2, 0.25) is 5.62 Å². The van der Waals surface area contributed by atoms with Crippen molar-refractivity contribution in [3.63, 3.8) is 0 Å². The fourth-order valence-corrected chi connectivity index (χ4v) is 7.60. The summed E-state index contributed by atoms with van der Waals surface area (Å²) < 4.78 is 6.96. The molecule has 4 aromatic carbocycles. The standard InChI is InChI=1S/C45H51N5/c1-27(2)32-25-37(30(7)8)43(38(26-32)31(9)10)48-41-23-16-24-46-44(41)49(42-33(28(3)4)19-15-20-34(42)29(5)6)45(48)47-50-39-21-13-11-17-35(39)36-18-12-14-22-40(36)50/h11-31H,1-10H3/b47-45+. The molecule has 0 aliphatic rings. The van der Waals surface area contributed by atoms with Crippen molar-refractivity contribution in [1.82, 2.24) is 18.8 Å². The van der Waals surface area contributed by atoms with Gasteiger partial charge in [-0.15, -0.1) is 5.10 Å². The molecule has 0 saturated carbocycles. The molecular weight excluding hydrogens is 611 g/mol. The van der Waals surface area contributed by atoms with Gasteiger partial charge in [-0.3, -0.25) is 9.13 Å². The Morgan fingerprint density at radius 2 is 0.960 bits per heavy atom. The Balaban J connectivity index is 1.79. The molecule has 0 spiro atoms. The first-order chi connectivity index (χ1) is 24.0. The smallest absolute Gasteiger partial charge is 0.239 e. The van der Waals surface area contributed by atoms with E-state index in [1.807, 2.05) is 6.20 Å². The fourth-order valence-electron chi connectivity index (χ4n) is 7.60. The lowest BCUT2D eigenvalue weighted by Crippen LogP contribution is -2.29. The number of imidazole rings is 1.